The first kappa shape index (κ1) is 35.8. The second-order valence-electron chi connectivity index (χ2n) is 17.4. The highest BCUT2D eigenvalue weighted by atomic mass is 16.5. The molecule has 1 N–H and O–H groups in total. The van der Waals surface area contributed by atoms with Gasteiger partial charge in [0.05, 0.1) is 5.92 Å². The van der Waals surface area contributed by atoms with E-state index in [0.717, 1.165) is 70.0 Å². The van der Waals surface area contributed by atoms with E-state index >= 15 is 0 Å². The van der Waals surface area contributed by atoms with Gasteiger partial charge in [-0.25, -0.2) is 0 Å². The van der Waals surface area contributed by atoms with Crippen LogP contribution in [-0.4, -0.2) is 48.7 Å². The van der Waals surface area contributed by atoms with E-state index in [4.69, 9.17) is 4.74 Å². The lowest BCUT2D eigenvalue weighted by atomic mass is 9.43. The van der Waals surface area contributed by atoms with Crippen LogP contribution in [-0.2, 0) is 25.7 Å². The van der Waals surface area contributed by atoms with Crippen LogP contribution in [0.15, 0.2) is 64.8 Å². The molecule has 2 saturated carbocycles. The van der Waals surface area contributed by atoms with Gasteiger partial charge in [-0.3, -0.25) is 14.4 Å². The third kappa shape index (κ3) is 6.29. The molecule has 6 nitrogen and oxygen atoms in total. The summed E-state index contributed by atoms with van der Waals surface area (Å²) < 4.78 is 6.09. The second kappa shape index (κ2) is 13.6. The van der Waals surface area contributed by atoms with Crippen molar-refractivity contribution in [1.82, 2.24) is 10.2 Å². The summed E-state index contributed by atoms with van der Waals surface area (Å²) in [6.07, 6.45) is 12.4. The van der Waals surface area contributed by atoms with E-state index in [0.29, 0.717) is 31.7 Å². The first-order valence-corrected chi connectivity index (χ1v) is 19.0. The first-order chi connectivity index (χ1) is 23.2. The predicted molar refractivity (Wildman–Crippen MR) is 195 cm³/mol. The molecule has 266 valence electrons. The average Bonchev–Trinajstić information content (AvgIpc) is 3.35. The van der Waals surface area contributed by atoms with Gasteiger partial charge in [-0.05, 0) is 105 Å². The monoisotopic (exact) mass is 668 g/mol. The van der Waals surface area contributed by atoms with Crippen LogP contribution >= 0.6 is 0 Å². The molecule has 0 aromatic heterocycles. The molecule has 6 heteroatoms. The van der Waals surface area contributed by atoms with Crippen molar-refractivity contribution in [3.63, 3.8) is 0 Å². The molecule has 6 atom stereocenters. The van der Waals surface area contributed by atoms with Crippen molar-refractivity contribution in [2.45, 2.75) is 113 Å². The Morgan fingerprint density at radius 3 is 2.39 bits per heavy atom. The van der Waals surface area contributed by atoms with Gasteiger partial charge >= 0.3 is 5.97 Å². The fourth-order valence-electron chi connectivity index (χ4n) is 11.4. The van der Waals surface area contributed by atoms with E-state index in [1.54, 1.807) is 17.2 Å². The molecule has 0 spiro atoms. The molecule has 1 amide bonds. The molecular formula is C43H60N2O4. The number of piperazine rings is 1. The maximum absolute atomic E-state index is 14.1. The fourth-order valence-corrected chi connectivity index (χ4v) is 11.4. The molecule has 49 heavy (non-hydrogen) atoms. The molecule has 6 rings (SSSR count). The van der Waals surface area contributed by atoms with Crippen LogP contribution in [0.4, 0.5) is 0 Å². The van der Waals surface area contributed by atoms with Gasteiger partial charge in [0.25, 0.3) is 0 Å². The largest absolute Gasteiger partial charge is 0.461 e. The highest BCUT2D eigenvalue weighted by Gasteiger charge is 2.64. The van der Waals surface area contributed by atoms with E-state index in [-0.39, 0.29) is 51.7 Å². The zero-order valence-electron chi connectivity index (χ0n) is 31.3. The molecule has 0 radical (unpaired) electrons. The number of hydrogen-bond donors (Lipinski definition) is 1. The number of ether oxygens (including phenoxy) is 1. The van der Waals surface area contributed by atoms with Crippen LogP contribution < -0.4 is 5.32 Å². The van der Waals surface area contributed by atoms with E-state index in [1.807, 2.05) is 35.2 Å². The van der Waals surface area contributed by atoms with Gasteiger partial charge in [0.1, 0.15) is 6.61 Å². The van der Waals surface area contributed by atoms with Crippen molar-refractivity contribution in [2.75, 3.05) is 26.2 Å². The maximum Gasteiger partial charge on any atom is 0.309 e. The molecule has 1 heterocycles. The minimum absolute atomic E-state index is 0.0141. The normalized spacial score (nSPS) is 33.7. The number of hydrogen-bond acceptors (Lipinski definition) is 5. The molecule has 5 aliphatic rings. The molecular weight excluding hydrogens is 608 g/mol. The van der Waals surface area contributed by atoms with Crippen molar-refractivity contribution < 1.29 is 19.1 Å². The molecule has 0 unspecified atom stereocenters. The summed E-state index contributed by atoms with van der Waals surface area (Å²) in [4.78, 5) is 43.4. The van der Waals surface area contributed by atoms with Gasteiger partial charge < -0.3 is 15.0 Å². The smallest absolute Gasteiger partial charge is 0.309 e. The van der Waals surface area contributed by atoms with Crippen molar-refractivity contribution in [1.29, 1.82) is 0 Å². The quantitative estimate of drug-likeness (QED) is 0.171. The second-order valence-corrected chi connectivity index (χ2v) is 17.4. The summed E-state index contributed by atoms with van der Waals surface area (Å²) in [5.41, 5.74) is 5.44. The van der Waals surface area contributed by atoms with Crippen LogP contribution in [0.3, 0.4) is 0 Å². The summed E-state index contributed by atoms with van der Waals surface area (Å²) in [6.45, 7) is 19.2. The van der Waals surface area contributed by atoms with Crippen molar-refractivity contribution in [2.24, 2.45) is 39.4 Å². The molecule has 1 saturated heterocycles. The number of carbonyl (C=O) groups is 3. The van der Waals surface area contributed by atoms with Crippen molar-refractivity contribution in [3.05, 3.63) is 70.3 Å². The summed E-state index contributed by atoms with van der Waals surface area (Å²) in [7, 11) is 0. The Labute approximate surface area is 295 Å². The molecule has 1 aromatic carbocycles. The fraction of sp³-hybridized carbons (Fsp3) is 0.651. The Kier molecular flexibility index (Phi) is 9.96. The molecule has 0 bridgehead atoms. The van der Waals surface area contributed by atoms with Gasteiger partial charge in [0, 0.05) is 43.2 Å². The SMILES string of the molecule is CC(C)=CCC[C@H](C(=O)OCc1ccccc1)[C@@H]1CC[C@]2(C)C3=C(CC[C@@]12C)[C@@]1(C)C/C(=C\C(=O)N2CCNCC2)C(=O)C(C)(C)[C@@H]1CC3. The number of benzene rings is 1. The van der Waals surface area contributed by atoms with Gasteiger partial charge in [0.2, 0.25) is 5.91 Å². The van der Waals surface area contributed by atoms with Gasteiger partial charge in [-0.15, -0.1) is 0 Å². The predicted octanol–water partition coefficient (Wildman–Crippen LogP) is 8.38. The Bertz CT molecular complexity index is 1540. The highest BCUT2D eigenvalue weighted by Crippen LogP contribution is 2.72. The number of nitrogens with one attached hydrogen (secondary N) is 1. The summed E-state index contributed by atoms with van der Waals surface area (Å²) >= 11 is 0. The van der Waals surface area contributed by atoms with E-state index in [9.17, 15) is 14.4 Å². The number of carbonyl (C=O) groups excluding carboxylic acids is 3. The lowest BCUT2D eigenvalue weighted by Gasteiger charge is -2.61. The van der Waals surface area contributed by atoms with Crippen molar-refractivity contribution >= 4 is 17.7 Å². The summed E-state index contributed by atoms with van der Waals surface area (Å²) in [5.74, 6) is 0.441. The van der Waals surface area contributed by atoms with Gasteiger partial charge in [-0.1, -0.05) is 87.7 Å². The van der Waals surface area contributed by atoms with E-state index in [1.165, 1.54) is 5.57 Å². The van der Waals surface area contributed by atoms with Gasteiger partial charge in [-0.2, -0.15) is 0 Å². The average molecular weight is 669 g/mol. The number of fused-ring (bicyclic) bond motifs is 4. The maximum atomic E-state index is 14.1. The number of rotatable bonds is 8. The van der Waals surface area contributed by atoms with Gasteiger partial charge in [0.15, 0.2) is 5.78 Å². The third-order valence-electron chi connectivity index (χ3n) is 14.2. The molecule has 1 aromatic rings. The summed E-state index contributed by atoms with van der Waals surface area (Å²) in [5, 5.41) is 3.32. The van der Waals surface area contributed by atoms with E-state index in [2.05, 4.69) is 59.9 Å². The first-order valence-electron chi connectivity index (χ1n) is 19.0. The van der Waals surface area contributed by atoms with Crippen LogP contribution in [0.25, 0.3) is 0 Å². The van der Waals surface area contributed by atoms with Crippen LogP contribution in [0.5, 0.6) is 0 Å². The topological polar surface area (TPSA) is 75.7 Å². The zero-order valence-corrected chi connectivity index (χ0v) is 31.3. The number of ketones is 1. The third-order valence-corrected chi connectivity index (χ3v) is 14.2. The number of esters is 1. The lowest BCUT2D eigenvalue weighted by Crippen LogP contribution is -2.55. The number of amides is 1. The van der Waals surface area contributed by atoms with Crippen LogP contribution in [0.1, 0.15) is 112 Å². The molecule has 4 aliphatic carbocycles. The number of Topliss-reactive ketones (excluding diaryl/α,β-unsaturated/α-hetero) is 1. The highest BCUT2D eigenvalue weighted by molar-refractivity contribution is 6.06. The lowest BCUT2D eigenvalue weighted by molar-refractivity contribution is -0.155. The minimum Gasteiger partial charge on any atom is -0.461 e. The van der Waals surface area contributed by atoms with Crippen molar-refractivity contribution in [3.8, 4) is 0 Å². The van der Waals surface area contributed by atoms with Crippen LogP contribution in [0, 0.1) is 39.4 Å². The number of nitrogens with zero attached hydrogens (tertiary/aromatic N) is 1. The molecule has 1 aliphatic heterocycles. The Morgan fingerprint density at radius 1 is 0.980 bits per heavy atom. The molecule has 3 fully saturated rings. The Morgan fingerprint density at radius 2 is 1.69 bits per heavy atom. The Balaban J connectivity index is 1.31. The standard InChI is InChI=1S/C43H60N2O4/c1-29(2)12-11-15-32(39(48)49-28-30-13-9-8-10-14-30)33-18-20-43(7)35-16-17-36-40(3,4)38(47)31(26-37(46)45-24-22-44-23-25-45)27-41(36,5)34(35)19-21-42(33,43)6/h8-10,12-14,26,32-33,36,44H,11,15-25,27-28H2,1-7H3/b31-26+/t32-,33-,36-,41+,42-,43+/m0/s1. The zero-order chi connectivity index (χ0) is 35.2. The van der Waals surface area contributed by atoms with Crippen LogP contribution in [0.2, 0.25) is 0 Å². The van der Waals surface area contributed by atoms with E-state index < -0.39 is 5.41 Å². The number of allylic oxidation sites excluding steroid dienone is 5. The minimum atomic E-state index is -0.528. The Hall–Kier alpha value is -2.99. The summed E-state index contributed by atoms with van der Waals surface area (Å²) in [6, 6.07) is 10.0.